The van der Waals surface area contributed by atoms with Gasteiger partial charge in [0.25, 0.3) is 0 Å². The first kappa shape index (κ1) is 15.0. The molecule has 0 aliphatic heterocycles. The smallest absolute Gasteiger partial charge is 0.337 e. The molecule has 0 amide bonds. The van der Waals surface area contributed by atoms with Crippen molar-refractivity contribution in [2.45, 2.75) is 25.7 Å². The first-order valence-electron chi connectivity index (χ1n) is 7.57. The molecule has 0 bridgehead atoms. The third-order valence-corrected chi connectivity index (χ3v) is 3.83. The number of carboxylic acids is 1. The Kier molecular flexibility index (Phi) is 4.20. The van der Waals surface area contributed by atoms with E-state index in [0.29, 0.717) is 23.6 Å². The molecule has 0 unspecified atom stereocenters. The van der Waals surface area contributed by atoms with E-state index in [1.165, 1.54) is 0 Å². The largest absolute Gasteiger partial charge is 0.512 e. The van der Waals surface area contributed by atoms with Crippen LogP contribution in [-0.2, 0) is 0 Å². The van der Waals surface area contributed by atoms with Crippen molar-refractivity contribution in [2.75, 3.05) is 5.32 Å². The van der Waals surface area contributed by atoms with Crippen LogP contribution in [0.3, 0.4) is 0 Å². The average Bonchev–Trinajstić information content (AvgIpc) is 2.55. The third kappa shape index (κ3) is 3.46. The minimum absolute atomic E-state index is 0.198. The van der Waals surface area contributed by atoms with Gasteiger partial charge in [0.2, 0.25) is 0 Å². The average molecular weight is 307 g/mol. The van der Waals surface area contributed by atoms with Gasteiger partial charge in [0, 0.05) is 17.7 Å². The van der Waals surface area contributed by atoms with Crippen molar-refractivity contribution in [3.8, 4) is 0 Å². The molecule has 116 valence electrons. The normalized spacial score (nSPS) is 16.4. The molecule has 4 nitrogen and oxygen atoms in total. The molecule has 2 aliphatic rings. The number of allylic oxidation sites excluding steroid dienone is 5. The third-order valence-electron chi connectivity index (χ3n) is 3.83. The molecule has 23 heavy (non-hydrogen) atoms. The minimum Gasteiger partial charge on any atom is -0.512 e. The maximum absolute atomic E-state index is 11.5. The quantitative estimate of drug-likeness (QED) is 0.721. The monoisotopic (exact) mass is 307 g/mol. The molecule has 0 saturated heterocycles. The summed E-state index contributed by atoms with van der Waals surface area (Å²) in [6.45, 7) is 0. The molecule has 2 aliphatic carbocycles. The number of nitrogens with one attached hydrogen (secondary N) is 1. The topological polar surface area (TPSA) is 69.6 Å². The number of aliphatic hydroxyl groups excluding tert-OH is 1. The number of anilines is 1. The highest BCUT2D eigenvalue weighted by Crippen LogP contribution is 2.28. The Morgan fingerprint density at radius 2 is 2.09 bits per heavy atom. The van der Waals surface area contributed by atoms with E-state index in [-0.39, 0.29) is 5.56 Å². The molecule has 0 spiro atoms. The van der Waals surface area contributed by atoms with Gasteiger partial charge in [0.15, 0.2) is 0 Å². The Morgan fingerprint density at radius 1 is 1.22 bits per heavy atom. The van der Waals surface area contributed by atoms with Crippen LogP contribution in [0.1, 0.15) is 41.6 Å². The fourth-order valence-electron chi connectivity index (χ4n) is 2.66. The van der Waals surface area contributed by atoms with Gasteiger partial charge >= 0.3 is 5.97 Å². The second kappa shape index (κ2) is 6.45. The fraction of sp³-hybridized carbons (Fsp3) is 0.211. The Labute approximate surface area is 134 Å². The van der Waals surface area contributed by atoms with Gasteiger partial charge in [-0.05, 0) is 49.1 Å². The second-order valence-corrected chi connectivity index (χ2v) is 5.52. The zero-order valence-electron chi connectivity index (χ0n) is 12.6. The van der Waals surface area contributed by atoms with E-state index in [1.807, 2.05) is 18.2 Å². The SMILES string of the molecule is O=C(O)c1ccc(C2=C=C=CCC2)cc1NC1=CCCC(O)=C1. The van der Waals surface area contributed by atoms with Gasteiger partial charge < -0.3 is 15.5 Å². The molecule has 0 radical (unpaired) electrons. The summed E-state index contributed by atoms with van der Waals surface area (Å²) < 4.78 is 0. The number of rotatable bonds is 4. The van der Waals surface area contributed by atoms with Crippen LogP contribution in [0.15, 0.2) is 59.3 Å². The molecule has 1 aromatic rings. The van der Waals surface area contributed by atoms with Crippen LogP contribution in [-0.4, -0.2) is 16.2 Å². The molecule has 0 heterocycles. The van der Waals surface area contributed by atoms with Crippen molar-refractivity contribution >= 4 is 17.2 Å². The van der Waals surface area contributed by atoms with Crippen LogP contribution in [0.5, 0.6) is 0 Å². The molecule has 0 aromatic heterocycles. The Balaban J connectivity index is 1.99. The molecular weight excluding hydrogens is 290 g/mol. The van der Waals surface area contributed by atoms with Crippen LogP contribution < -0.4 is 5.32 Å². The molecule has 4 heteroatoms. The number of aromatic carboxylic acids is 1. The predicted molar refractivity (Wildman–Crippen MR) is 89.3 cm³/mol. The number of carbonyl (C=O) groups is 1. The first-order valence-corrected chi connectivity index (χ1v) is 7.57. The fourth-order valence-corrected chi connectivity index (χ4v) is 2.66. The van der Waals surface area contributed by atoms with Crippen molar-refractivity contribution in [2.24, 2.45) is 0 Å². The van der Waals surface area contributed by atoms with Crippen LogP contribution in [0, 0.1) is 0 Å². The van der Waals surface area contributed by atoms with Gasteiger partial charge in [-0.3, -0.25) is 0 Å². The maximum Gasteiger partial charge on any atom is 0.337 e. The number of benzene rings is 1. The van der Waals surface area contributed by atoms with E-state index in [2.05, 4.69) is 16.8 Å². The van der Waals surface area contributed by atoms with Crippen LogP contribution in [0.2, 0.25) is 0 Å². The van der Waals surface area contributed by atoms with Gasteiger partial charge in [-0.15, -0.1) is 0 Å². The van der Waals surface area contributed by atoms with Crippen molar-refractivity contribution in [1.82, 2.24) is 0 Å². The minimum atomic E-state index is -0.989. The lowest BCUT2D eigenvalue weighted by Gasteiger charge is -2.16. The summed E-state index contributed by atoms with van der Waals surface area (Å²) in [5.74, 6) is -0.692. The van der Waals surface area contributed by atoms with E-state index in [1.54, 1.807) is 18.2 Å². The summed E-state index contributed by atoms with van der Waals surface area (Å²) in [4.78, 5) is 11.5. The van der Waals surface area contributed by atoms with Gasteiger partial charge in [-0.25, -0.2) is 4.79 Å². The number of hydrogen-bond donors (Lipinski definition) is 3. The summed E-state index contributed by atoms with van der Waals surface area (Å²) in [5, 5.41) is 22.1. The molecule has 1 aromatic carbocycles. The molecule has 0 atom stereocenters. The van der Waals surface area contributed by atoms with Gasteiger partial charge in [-0.1, -0.05) is 23.6 Å². The molecule has 3 rings (SSSR count). The highest BCUT2D eigenvalue weighted by molar-refractivity contribution is 5.95. The van der Waals surface area contributed by atoms with Crippen molar-refractivity contribution in [3.05, 3.63) is 70.5 Å². The number of carboxylic acid groups (broad SMARTS) is 1. The molecule has 3 N–H and O–H groups in total. The van der Waals surface area contributed by atoms with Crippen molar-refractivity contribution < 1.29 is 15.0 Å². The van der Waals surface area contributed by atoms with E-state index in [9.17, 15) is 15.0 Å². The zero-order valence-corrected chi connectivity index (χ0v) is 12.6. The highest BCUT2D eigenvalue weighted by atomic mass is 16.4. The molecule has 0 saturated carbocycles. The van der Waals surface area contributed by atoms with Crippen molar-refractivity contribution in [1.29, 1.82) is 0 Å². The Hall–Kier alpha value is -2.93. The number of hydrogen-bond acceptors (Lipinski definition) is 3. The van der Waals surface area contributed by atoms with E-state index >= 15 is 0 Å². The summed E-state index contributed by atoms with van der Waals surface area (Å²) in [6.07, 6.45) is 8.63. The van der Waals surface area contributed by atoms with E-state index in [4.69, 9.17) is 0 Å². The highest BCUT2D eigenvalue weighted by Gasteiger charge is 2.14. The maximum atomic E-state index is 11.5. The van der Waals surface area contributed by atoms with Gasteiger partial charge in [0.1, 0.15) is 0 Å². The molecular formula is C19H17NO3. The number of aliphatic hydroxyl groups is 1. The Bertz CT molecular complexity index is 817. The van der Waals surface area contributed by atoms with Crippen LogP contribution in [0.4, 0.5) is 5.69 Å². The van der Waals surface area contributed by atoms with E-state index < -0.39 is 5.97 Å². The van der Waals surface area contributed by atoms with Gasteiger partial charge in [0.05, 0.1) is 17.0 Å². The lowest BCUT2D eigenvalue weighted by molar-refractivity contribution is 0.0698. The standard InChI is InChI=1S/C19H17NO3/c21-16-8-4-7-15(12-16)20-18-11-14(9-10-17(18)19(22)23)13-5-2-1-3-6-13/h1,7,9-12,20-21H,2,4-5,8H2,(H,22,23). The van der Waals surface area contributed by atoms with Crippen LogP contribution in [0.25, 0.3) is 5.57 Å². The zero-order chi connectivity index (χ0) is 16.2. The lowest BCUT2D eigenvalue weighted by atomic mass is 9.97. The Morgan fingerprint density at radius 3 is 2.78 bits per heavy atom. The summed E-state index contributed by atoms with van der Waals surface area (Å²) >= 11 is 0. The lowest BCUT2D eigenvalue weighted by Crippen LogP contribution is -2.08. The molecule has 0 fully saturated rings. The van der Waals surface area contributed by atoms with Gasteiger partial charge in [-0.2, -0.15) is 0 Å². The van der Waals surface area contributed by atoms with Crippen molar-refractivity contribution in [3.63, 3.8) is 0 Å². The van der Waals surface area contributed by atoms with E-state index in [0.717, 1.165) is 30.4 Å². The summed E-state index contributed by atoms with van der Waals surface area (Å²) in [7, 11) is 0. The first-order chi connectivity index (χ1) is 11.1. The summed E-state index contributed by atoms with van der Waals surface area (Å²) in [6, 6.07) is 5.21. The summed E-state index contributed by atoms with van der Waals surface area (Å²) in [5.41, 5.74) is 9.43. The van der Waals surface area contributed by atoms with Crippen LogP contribution >= 0.6 is 0 Å². The predicted octanol–water partition coefficient (Wildman–Crippen LogP) is 4.40. The second-order valence-electron chi connectivity index (χ2n) is 5.52.